The van der Waals surface area contributed by atoms with Gasteiger partial charge in [0.05, 0.1) is 18.7 Å². The van der Waals surface area contributed by atoms with Gasteiger partial charge in [0, 0.05) is 17.5 Å². The lowest BCUT2D eigenvalue weighted by molar-refractivity contribution is -0.274. The van der Waals surface area contributed by atoms with E-state index in [0.29, 0.717) is 31.0 Å². The van der Waals surface area contributed by atoms with Crippen LogP contribution in [0.25, 0.3) is 22.4 Å². The zero-order chi connectivity index (χ0) is 22.3. The van der Waals surface area contributed by atoms with Gasteiger partial charge in [0.15, 0.2) is 0 Å². The molecule has 3 heterocycles. The first-order valence-corrected chi connectivity index (χ1v) is 9.93. The Labute approximate surface area is 180 Å². The van der Waals surface area contributed by atoms with Gasteiger partial charge in [0.2, 0.25) is 11.7 Å². The second kappa shape index (κ2) is 7.95. The van der Waals surface area contributed by atoms with Crippen LogP contribution in [0, 0.1) is 0 Å². The van der Waals surface area contributed by atoms with Gasteiger partial charge in [-0.25, -0.2) is 0 Å². The summed E-state index contributed by atoms with van der Waals surface area (Å²) < 4.78 is 52.2. The van der Waals surface area contributed by atoms with Crippen LogP contribution >= 0.6 is 0 Å². The summed E-state index contributed by atoms with van der Waals surface area (Å²) in [5, 5.41) is 15.2. The molecule has 1 saturated heterocycles. The molecule has 1 aliphatic rings. The molecule has 32 heavy (non-hydrogen) atoms. The van der Waals surface area contributed by atoms with Gasteiger partial charge >= 0.3 is 6.36 Å². The summed E-state index contributed by atoms with van der Waals surface area (Å²) in [6, 6.07) is 14.6. The summed E-state index contributed by atoms with van der Waals surface area (Å²) in [7, 11) is 0. The molecule has 2 atom stereocenters. The number of rotatable bonds is 5. The number of alkyl halides is 3. The number of aromatic nitrogens is 2. The van der Waals surface area contributed by atoms with Gasteiger partial charge < -0.3 is 18.8 Å². The van der Waals surface area contributed by atoms with Gasteiger partial charge in [0.1, 0.15) is 17.1 Å². The number of fused-ring (bicyclic) bond motifs is 1. The molecule has 0 radical (unpaired) electrons. The molecule has 0 bridgehead atoms. The first kappa shape index (κ1) is 20.5. The highest BCUT2D eigenvalue weighted by atomic mass is 19.4. The van der Waals surface area contributed by atoms with Crippen molar-refractivity contribution < 1.29 is 32.0 Å². The van der Waals surface area contributed by atoms with E-state index >= 15 is 0 Å². The zero-order valence-electron chi connectivity index (χ0n) is 16.6. The van der Waals surface area contributed by atoms with Crippen molar-refractivity contribution in [3.63, 3.8) is 0 Å². The van der Waals surface area contributed by atoms with Crippen molar-refractivity contribution in [2.45, 2.75) is 31.5 Å². The minimum atomic E-state index is -4.76. The number of ether oxygens (including phenoxy) is 1. The summed E-state index contributed by atoms with van der Waals surface area (Å²) >= 11 is 0. The maximum atomic E-state index is 12.3. The smallest absolute Gasteiger partial charge is 0.460 e. The molecule has 2 aromatic carbocycles. The minimum absolute atomic E-state index is 0.239. The lowest BCUT2D eigenvalue weighted by Gasteiger charge is -2.19. The average Bonchev–Trinajstić information content (AvgIpc) is 3.45. The van der Waals surface area contributed by atoms with Gasteiger partial charge in [-0.05, 0) is 42.8 Å². The molecule has 166 valence electrons. The van der Waals surface area contributed by atoms with Crippen molar-refractivity contribution in [3.05, 3.63) is 66.2 Å². The highest BCUT2D eigenvalue weighted by Gasteiger charge is 2.36. The second-order valence-corrected chi connectivity index (χ2v) is 7.61. The molecule has 1 N–H and O–H groups in total. The number of nitrogens with zero attached hydrogens (tertiary/aromatic N) is 3. The van der Waals surface area contributed by atoms with E-state index in [4.69, 9.17) is 8.94 Å². The maximum Gasteiger partial charge on any atom is 0.573 e. The van der Waals surface area contributed by atoms with Gasteiger partial charge in [0.25, 0.3) is 0 Å². The molecule has 2 aromatic heterocycles. The summed E-state index contributed by atoms with van der Waals surface area (Å²) in [6.45, 7) is 0.875. The van der Waals surface area contributed by atoms with Crippen molar-refractivity contribution in [2.24, 2.45) is 0 Å². The number of β-amino-alcohol motifs (C(OH)–C–C–N with tert-alkyl or cyclic N) is 1. The lowest BCUT2D eigenvalue weighted by Crippen LogP contribution is -2.24. The van der Waals surface area contributed by atoms with E-state index in [-0.39, 0.29) is 17.6 Å². The van der Waals surface area contributed by atoms with Gasteiger partial charge in [-0.1, -0.05) is 23.4 Å². The zero-order valence-corrected chi connectivity index (χ0v) is 16.6. The molecule has 4 aromatic rings. The Balaban J connectivity index is 1.33. The molecule has 0 saturated carbocycles. The fourth-order valence-corrected chi connectivity index (χ4v) is 3.92. The van der Waals surface area contributed by atoms with Crippen molar-refractivity contribution in [3.8, 4) is 17.1 Å². The first-order valence-electron chi connectivity index (χ1n) is 9.93. The maximum absolute atomic E-state index is 12.3. The largest absolute Gasteiger partial charge is 0.573 e. The van der Waals surface area contributed by atoms with Gasteiger partial charge in [-0.2, -0.15) is 4.98 Å². The van der Waals surface area contributed by atoms with Crippen molar-refractivity contribution in [1.82, 2.24) is 15.0 Å². The molecule has 0 spiro atoms. The van der Waals surface area contributed by atoms with Crippen LogP contribution < -0.4 is 4.74 Å². The molecule has 1 aliphatic heterocycles. The Bertz CT molecular complexity index is 1190. The van der Waals surface area contributed by atoms with Crippen LogP contribution in [0.3, 0.4) is 0 Å². The molecule has 5 rings (SSSR count). The number of furan rings is 1. The van der Waals surface area contributed by atoms with E-state index in [1.165, 1.54) is 24.3 Å². The quantitative estimate of drug-likeness (QED) is 0.477. The first-order chi connectivity index (χ1) is 15.3. The van der Waals surface area contributed by atoms with E-state index in [1.54, 1.807) is 0 Å². The average molecular weight is 445 g/mol. The molecule has 1 fully saturated rings. The Morgan fingerprint density at radius 1 is 1.12 bits per heavy atom. The Morgan fingerprint density at radius 3 is 2.66 bits per heavy atom. The molecule has 0 aliphatic carbocycles. The van der Waals surface area contributed by atoms with E-state index in [0.717, 1.165) is 16.7 Å². The third-order valence-electron chi connectivity index (χ3n) is 5.29. The van der Waals surface area contributed by atoms with Crippen molar-refractivity contribution >= 4 is 11.0 Å². The minimum Gasteiger partial charge on any atom is -0.460 e. The normalized spacial score (nSPS) is 19.6. The predicted octanol–water partition coefficient (Wildman–Crippen LogP) is 4.69. The number of halogens is 3. The fraction of sp³-hybridized carbons (Fsp3) is 0.273. The molecule has 7 nitrogen and oxygen atoms in total. The van der Waals surface area contributed by atoms with E-state index in [9.17, 15) is 18.3 Å². The second-order valence-electron chi connectivity index (χ2n) is 7.61. The van der Waals surface area contributed by atoms with Gasteiger partial charge in [-0.15, -0.1) is 13.2 Å². The number of hydrogen-bond acceptors (Lipinski definition) is 7. The molecule has 2 unspecified atom stereocenters. The van der Waals surface area contributed by atoms with Crippen molar-refractivity contribution in [2.75, 3.05) is 6.54 Å². The third kappa shape index (κ3) is 4.32. The van der Waals surface area contributed by atoms with E-state index in [1.807, 2.05) is 35.2 Å². The Kier molecular flexibility index (Phi) is 5.10. The van der Waals surface area contributed by atoms with Crippen LogP contribution in [-0.2, 0) is 6.54 Å². The predicted molar refractivity (Wildman–Crippen MR) is 106 cm³/mol. The monoisotopic (exact) mass is 445 g/mol. The number of aliphatic hydroxyl groups is 1. The lowest BCUT2D eigenvalue weighted by atomic mass is 10.2. The molecular formula is C22H18F3N3O4. The number of hydrogen-bond donors (Lipinski definition) is 1. The van der Waals surface area contributed by atoms with E-state index in [2.05, 4.69) is 14.9 Å². The highest BCUT2D eigenvalue weighted by molar-refractivity contribution is 5.77. The Morgan fingerprint density at radius 2 is 1.91 bits per heavy atom. The summed E-state index contributed by atoms with van der Waals surface area (Å²) in [5.74, 6) is 0.984. The molecule has 10 heteroatoms. The van der Waals surface area contributed by atoms with Crippen LogP contribution in [0.5, 0.6) is 5.75 Å². The van der Waals surface area contributed by atoms with Crippen molar-refractivity contribution in [1.29, 1.82) is 0 Å². The summed E-state index contributed by atoms with van der Waals surface area (Å²) in [4.78, 5) is 6.41. The fourth-order valence-electron chi connectivity index (χ4n) is 3.92. The number of benzene rings is 2. The van der Waals surface area contributed by atoms with Crippen LogP contribution in [0.1, 0.15) is 24.1 Å². The summed E-state index contributed by atoms with van der Waals surface area (Å²) in [6.07, 6.45) is -4.90. The van der Waals surface area contributed by atoms with Crippen LogP contribution in [-0.4, -0.2) is 39.2 Å². The highest BCUT2D eigenvalue weighted by Crippen LogP contribution is 2.34. The number of para-hydroxylation sites is 1. The summed E-state index contributed by atoms with van der Waals surface area (Å²) in [5.41, 5.74) is 1.27. The van der Waals surface area contributed by atoms with Crippen LogP contribution in [0.4, 0.5) is 13.2 Å². The number of likely N-dealkylation sites (tertiary alicyclic amines) is 1. The van der Waals surface area contributed by atoms with E-state index < -0.39 is 12.5 Å². The van der Waals surface area contributed by atoms with Gasteiger partial charge in [-0.3, -0.25) is 4.90 Å². The third-order valence-corrected chi connectivity index (χ3v) is 5.29. The SMILES string of the molecule is OC1CC(c2nc(-c3ccc(OC(F)(F)F)cc3)no2)N(Cc2cc3ccccc3o2)C1. The van der Waals surface area contributed by atoms with Crippen LogP contribution in [0.2, 0.25) is 0 Å². The standard InChI is InChI=1S/C22H18F3N3O4/c23-22(24,25)31-16-7-5-13(6-8-16)20-26-21(32-27-20)18-10-15(29)11-28(18)12-17-9-14-3-1-2-4-19(14)30-17/h1-9,15,18,29H,10-12H2. The molecular weight excluding hydrogens is 427 g/mol. The molecule has 0 amide bonds. The topological polar surface area (TPSA) is 84.8 Å². The Hall–Kier alpha value is -3.37. The van der Waals surface area contributed by atoms with Crippen LogP contribution in [0.15, 0.2) is 63.5 Å². The number of aliphatic hydroxyl groups excluding tert-OH is 1.